The number of ether oxygens (including phenoxy) is 1. The van der Waals surface area contributed by atoms with Crippen LogP contribution in [-0.4, -0.2) is 53.2 Å². The molecule has 2 N–H and O–H groups in total. The first-order valence-electron chi connectivity index (χ1n) is 5.58. The fourth-order valence-electron chi connectivity index (χ4n) is 1.62. The molecule has 2 heterocycles. The summed E-state index contributed by atoms with van der Waals surface area (Å²) in [5.74, 6) is -1.42. The molecule has 1 aliphatic rings. The highest BCUT2D eigenvalue weighted by molar-refractivity contribution is 7.07. The molecule has 8 heteroatoms. The molecule has 1 saturated heterocycles. The van der Waals surface area contributed by atoms with E-state index in [1.54, 1.807) is 4.90 Å². The summed E-state index contributed by atoms with van der Waals surface area (Å²) in [6, 6.07) is 0. The summed E-state index contributed by atoms with van der Waals surface area (Å²) in [6.07, 6.45) is 2.12. The number of carboxylic acids is 1. The summed E-state index contributed by atoms with van der Waals surface area (Å²) in [5.41, 5.74) is -0.506. The number of thiazole rings is 1. The summed E-state index contributed by atoms with van der Waals surface area (Å²) in [4.78, 5) is 37.9. The fourth-order valence-corrected chi connectivity index (χ4v) is 2.47. The van der Waals surface area contributed by atoms with Gasteiger partial charge in [0.1, 0.15) is 9.20 Å². The quantitative estimate of drug-likeness (QED) is 0.650. The van der Waals surface area contributed by atoms with E-state index in [9.17, 15) is 14.4 Å². The number of nitrogens with one attached hydrogen (secondary N) is 1. The molecule has 0 aliphatic carbocycles. The van der Waals surface area contributed by atoms with Gasteiger partial charge in [-0.05, 0) is 0 Å². The minimum absolute atomic E-state index is 0.0635. The summed E-state index contributed by atoms with van der Waals surface area (Å²) < 4.78 is 5.54. The zero-order valence-electron chi connectivity index (χ0n) is 9.92. The number of carboxylic acid groups (broad SMARTS) is 1. The topological polar surface area (TPSA) is 99.7 Å². The van der Waals surface area contributed by atoms with E-state index in [1.165, 1.54) is 6.08 Å². The Kier molecular flexibility index (Phi) is 4.13. The lowest BCUT2D eigenvalue weighted by Gasteiger charge is -2.25. The largest absolute Gasteiger partial charge is 0.478 e. The van der Waals surface area contributed by atoms with Crippen molar-refractivity contribution in [2.24, 2.45) is 0 Å². The van der Waals surface area contributed by atoms with Crippen LogP contribution >= 0.6 is 11.3 Å². The number of rotatable bonds is 2. The van der Waals surface area contributed by atoms with Gasteiger partial charge in [0.05, 0.1) is 13.2 Å². The van der Waals surface area contributed by atoms with Crippen molar-refractivity contribution in [2.45, 2.75) is 0 Å². The highest BCUT2D eigenvalue weighted by atomic mass is 32.1. The maximum atomic E-state index is 11.9. The van der Waals surface area contributed by atoms with Crippen molar-refractivity contribution in [2.75, 3.05) is 26.3 Å². The minimum Gasteiger partial charge on any atom is -0.478 e. The molecule has 0 aromatic carbocycles. The Morgan fingerprint density at radius 1 is 1.32 bits per heavy atom. The highest BCUT2D eigenvalue weighted by Gasteiger charge is 2.14. The number of carbonyl (C=O) groups excluding carboxylic acids is 1. The van der Waals surface area contributed by atoms with Gasteiger partial charge in [-0.2, -0.15) is 0 Å². The fraction of sp³-hybridized carbons (Fsp3) is 0.364. The molecule has 0 radical (unpaired) electrons. The van der Waals surface area contributed by atoms with Crippen LogP contribution in [-0.2, 0) is 14.3 Å². The lowest BCUT2D eigenvalue weighted by molar-refractivity contribution is -0.130. The van der Waals surface area contributed by atoms with Crippen molar-refractivity contribution in [1.82, 2.24) is 9.88 Å². The van der Waals surface area contributed by atoms with E-state index >= 15 is 0 Å². The van der Waals surface area contributed by atoms with Crippen molar-refractivity contribution in [3.8, 4) is 0 Å². The van der Waals surface area contributed by atoms with E-state index < -0.39 is 11.5 Å². The van der Waals surface area contributed by atoms with E-state index in [2.05, 4.69) is 4.98 Å². The lowest BCUT2D eigenvalue weighted by Crippen LogP contribution is -2.40. The molecular weight excluding hydrogens is 272 g/mol. The third-order valence-electron chi connectivity index (χ3n) is 2.51. The Labute approximate surface area is 111 Å². The van der Waals surface area contributed by atoms with E-state index in [0.717, 1.165) is 17.4 Å². The van der Waals surface area contributed by atoms with Crippen LogP contribution in [0.5, 0.6) is 0 Å². The number of amides is 1. The van der Waals surface area contributed by atoms with Crippen LogP contribution in [0.1, 0.15) is 0 Å². The summed E-state index contributed by atoms with van der Waals surface area (Å²) in [5, 5.41) is 8.59. The number of carbonyl (C=O) groups is 2. The molecule has 0 saturated carbocycles. The number of aromatic nitrogens is 1. The molecule has 0 spiro atoms. The number of H-pyrrole nitrogens is 1. The van der Waals surface area contributed by atoms with Gasteiger partial charge >= 0.3 is 5.97 Å². The summed E-state index contributed by atoms with van der Waals surface area (Å²) >= 11 is 0.941. The van der Waals surface area contributed by atoms with Crippen LogP contribution < -0.4 is 14.8 Å². The van der Waals surface area contributed by atoms with E-state index in [-0.39, 0.29) is 10.4 Å². The van der Waals surface area contributed by atoms with Crippen LogP contribution in [0.3, 0.4) is 0 Å². The number of aromatic amines is 1. The van der Waals surface area contributed by atoms with Crippen LogP contribution in [0.15, 0.2) is 4.79 Å². The molecule has 102 valence electrons. The molecule has 1 aromatic heterocycles. The molecule has 2 rings (SSSR count). The molecule has 0 atom stereocenters. The third kappa shape index (κ3) is 3.52. The smallest absolute Gasteiger partial charge is 0.329 e. The predicted molar refractivity (Wildman–Crippen MR) is 68.2 cm³/mol. The van der Waals surface area contributed by atoms with Gasteiger partial charge in [0.15, 0.2) is 0 Å². The van der Waals surface area contributed by atoms with Crippen molar-refractivity contribution >= 4 is 35.4 Å². The van der Waals surface area contributed by atoms with E-state index in [0.29, 0.717) is 31.0 Å². The zero-order chi connectivity index (χ0) is 13.8. The molecule has 1 fully saturated rings. The molecule has 1 aliphatic heterocycles. The SMILES string of the molecule is O=C(O)C=c1sc(=CC(=O)N2CCOCC2)[nH]c1=O. The zero-order valence-corrected chi connectivity index (χ0v) is 10.7. The molecule has 0 unspecified atom stereocenters. The minimum atomic E-state index is -1.20. The molecule has 7 nitrogen and oxygen atoms in total. The van der Waals surface area contributed by atoms with Crippen LogP contribution in [0.4, 0.5) is 0 Å². The Morgan fingerprint density at radius 3 is 2.63 bits per heavy atom. The standard InChI is InChI=1S/C11H12N2O5S/c14-9(13-1-3-18-4-2-13)6-8-12-11(17)7(19-8)5-10(15)16/h5-6H,1-4H2,(H,12,17)(H,15,16). The number of hydrogen-bond donors (Lipinski definition) is 2. The Balaban J connectivity index is 2.26. The van der Waals surface area contributed by atoms with Gasteiger partial charge in [0.2, 0.25) is 5.91 Å². The van der Waals surface area contributed by atoms with Crippen molar-refractivity contribution in [3.05, 3.63) is 19.5 Å². The first kappa shape index (κ1) is 13.5. The average molecular weight is 284 g/mol. The van der Waals surface area contributed by atoms with Gasteiger partial charge in [0.25, 0.3) is 5.56 Å². The van der Waals surface area contributed by atoms with Crippen molar-refractivity contribution in [3.63, 3.8) is 0 Å². The van der Waals surface area contributed by atoms with Gasteiger partial charge < -0.3 is 19.7 Å². The number of aliphatic carboxylic acids is 1. The van der Waals surface area contributed by atoms with Gasteiger partial charge in [-0.15, -0.1) is 11.3 Å². The Hall–Kier alpha value is -1.93. The second-order valence-corrected chi connectivity index (χ2v) is 4.93. The monoisotopic (exact) mass is 284 g/mol. The second kappa shape index (κ2) is 5.81. The third-order valence-corrected chi connectivity index (χ3v) is 3.48. The maximum absolute atomic E-state index is 11.9. The first-order valence-corrected chi connectivity index (χ1v) is 6.40. The van der Waals surface area contributed by atoms with Gasteiger partial charge in [0, 0.05) is 25.2 Å². The Morgan fingerprint density at radius 2 is 2.00 bits per heavy atom. The number of hydrogen-bond acceptors (Lipinski definition) is 5. The average Bonchev–Trinajstić information content (AvgIpc) is 2.70. The molecule has 0 bridgehead atoms. The maximum Gasteiger partial charge on any atom is 0.329 e. The molecular formula is C11H12N2O5S. The summed E-state index contributed by atoms with van der Waals surface area (Å²) in [6.45, 7) is 2.02. The summed E-state index contributed by atoms with van der Waals surface area (Å²) in [7, 11) is 0. The lowest BCUT2D eigenvalue weighted by atomic mass is 10.4. The van der Waals surface area contributed by atoms with Gasteiger partial charge in [-0.1, -0.05) is 0 Å². The van der Waals surface area contributed by atoms with Crippen molar-refractivity contribution in [1.29, 1.82) is 0 Å². The van der Waals surface area contributed by atoms with E-state index in [4.69, 9.17) is 9.84 Å². The van der Waals surface area contributed by atoms with Gasteiger partial charge in [-0.3, -0.25) is 9.59 Å². The van der Waals surface area contributed by atoms with Crippen LogP contribution in [0.25, 0.3) is 12.2 Å². The normalized spacial score (nSPS) is 17.8. The van der Waals surface area contributed by atoms with Gasteiger partial charge in [-0.25, -0.2) is 4.79 Å². The molecule has 19 heavy (non-hydrogen) atoms. The molecule has 1 aromatic rings. The second-order valence-electron chi connectivity index (χ2n) is 3.85. The van der Waals surface area contributed by atoms with Crippen LogP contribution in [0, 0.1) is 0 Å². The van der Waals surface area contributed by atoms with E-state index in [1.807, 2.05) is 0 Å². The van der Waals surface area contributed by atoms with Crippen molar-refractivity contribution < 1.29 is 19.4 Å². The predicted octanol–water partition coefficient (Wildman–Crippen LogP) is -2.06. The number of nitrogens with zero attached hydrogens (tertiary/aromatic N) is 1. The molecule has 1 amide bonds. The first-order chi connectivity index (χ1) is 9.06. The Bertz CT molecular complexity index is 653. The highest BCUT2D eigenvalue weighted by Crippen LogP contribution is 1.97. The van der Waals surface area contributed by atoms with Crippen LogP contribution in [0.2, 0.25) is 0 Å². The number of morpholine rings is 1.